The molecule has 3 heteroatoms. The van der Waals surface area contributed by atoms with Crippen molar-refractivity contribution >= 4 is 0 Å². The average molecular weight is 233 g/mol. The van der Waals surface area contributed by atoms with Crippen LogP contribution in [0.4, 0.5) is 0 Å². The number of nitrogens with two attached hydrogens (primary N) is 1. The molecule has 1 unspecified atom stereocenters. The SMILES string of the molecule is Cc1cncc(CN2CCCCC2CCN)c1. The molecular weight excluding hydrogens is 210 g/mol. The van der Waals surface area contributed by atoms with E-state index in [0.717, 1.165) is 19.5 Å². The van der Waals surface area contributed by atoms with Crippen molar-refractivity contribution < 1.29 is 0 Å². The smallest absolute Gasteiger partial charge is 0.0313 e. The van der Waals surface area contributed by atoms with Crippen LogP contribution in [0.1, 0.15) is 36.8 Å². The van der Waals surface area contributed by atoms with Crippen molar-refractivity contribution in [3.05, 3.63) is 29.6 Å². The number of hydrogen-bond acceptors (Lipinski definition) is 3. The van der Waals surface area contributed by atoms with Crippen LogP contribution < -0.4 is 5.73 Å². The topological polar surface area (TPSA) is 42.2 Å². The van der Waals surface area contributed by atoms with Crippen molar-refractivity contribution in [2.24, 2.45) is 5.73 Å². The molecule has 0 aromatic carbocycles. The average Bonchev–Trinajstić information content (AvgIpc) is 2.32. The molecule has 94 valence electrons. The minimum Gasteiger partial charge on any atom is -0.330 e. The molecule has 2 heterocycles. The van der Waals surface area contributed by atoms with E-state index in [2.05, 4.69) is 22.9 Å². The Kier molecular flexibility index (Phi) is 4.51. The first-order chi connectivity index (χ1) is 8.29. The van der Waals surface area contributed by atoms with Crippen molar-refractivity contribution in [2.45, 2.75) is 45.2 Å². The molecule has 0 spiro atoms. The number of aromatic nitrogens is 1. The van der Waals surface area contributed by atoms with Crippen molar-refractivity contribution in [3.63, 3.8) is 0 Å². The molecule has 1 aromatic heterocycles. The summed E-state index contributed by atoms with van der Waals surface area (Å²) in [6.07, 6.45) is 9.00. The normalized spacial score (nSPS) is 21.6. The Morgan fingerprint density at radius 1 is 1.41 bits per heavy atom. The number of pyridine rings is 1. The molecule has 1 aliphatic heterocycles. The maximum atomic E-state index is 5.70. The molecule has 3 nitrogen and oxygen atoms in total. The zero-order valence-electron chi connectivity index (χ0n) is 10.7. The molecule has 2 rings (SSSR count). The fourth-order valence-electron chi connectivity index (χ4n) is 2.73. The van der Waals surface area contributed by atoms with Gasteiger partial charge in [-0.15, -0.1) is 0 Å². The lowest BCUT2D eigenvalue weighted by Gasteiger charge is -2.35. The lowest BCUT2D eigenvalue weighted by molar-refractivity contribution is 0.134. The Morgan fingerprint density at radius 3 is 3.06 bits per heavy atom. The van der Waals surface area contributed by atoms with Gasteiger partial charge < -0.3 is 5.73 Å². The molecule has 1 saturated heterocycles. The monoisotopic (exact) mass is 233 g/mol. The van der Waals surface area contributed by atoms with Gasteiger partial charge in [-0.3, -0.25) is 9.88 Å². The Bertz CT molecular complexity index is 349. The molecule has 0 bridgehead atoms. The maximum absolute atomic E-state index is 5.70. The van der Waals surface area contributed by atoms with Crippen LogP contribution in [0.5, 0.6) is 0 Å². The van der Waals surface area contributed by atoms with Gasteiger partial charge in [-0.1, -0.05) is 12.5 Å². The second kappa shape index (κ2) is 6.12. The van der Waals surface area contributed by atoms with Crippen LogP contribution in [0, 0.1) is 6.92 Å². The zero-order valence-corrected chi connectivity index (χ0v) is 10.7. The number of piperidine rings is 1. The third-order valence-electron chi connectivity index (χ3n) is 3.57. The molecule has 0 saturated carbocycles. The number of aryl methyl sites for hydroxylation is 1. The van der Waals surface area contributed by atoms with E-state index in [0.29, 0.717) is 6.04 Å². The minimum absolute atomic E-state index is 0.675. The predicted molar refractivity (Wildman–Crippen MR) is 70.7 cm³/mol. The fraction of sp³-hybridized carbons (Fsp3) is 0.643. The third-order valence-corrected chi connectivity index (χ3v) is 3.57. The molecule has 1 atom stereocenters. The van der Waals surface area contributed by atoms with Crippen LogP contribution in [0.15, 0.2) is 18.5 Å². The summed E-state index contributed by atoms with van der Waals surface area (Å²) in [6, 6.07) is 2.91. The van der Waals surface area contributed by atoms with Crippen LogP contribution in [-0.4, -0.2) is 29.0 Å². The summed E-state index contributed by atoms with van der Waals surface area (Å²) in [6.45, 7) is 5.13. The summed E-state index contributed by atoms with van der Waals surface area (Å²) in [4.78, 5) is 6.85. The largest absolute Gasteiger partial charge is 0.330 e. The standard InChI is InChI=1S/C14H23N3/c1-12-8-13(10-16-9-12)11-17-7-3-2-4-14(17)5-6-15/h8-10,14H,2-7,11,15H2,1H3. The van der Waals surface area contributed by atoms with Gasteiger partial charge in [0, 0.05) is 25.0 Å². The number of nitrogens with zero attached hydrogens (tertiary/aromatic N) is 2. The summed E-state index contributed by atoms with van der Waals surface area (Å²) in [5.41, 5.74) is 8.27. The van der Waals surface area contributed by atoms with E-state index >= 15 is 0 Å². The van der Waals surface area contributed by atoms with Gasteiger partial charge in [0.25, 0.3) is 0 Å². The lowest BCUT2D eigenvalue weighted by atomic mass is 9.98. The van der Waals surface area contributed by atoms with Crippen molar-refractivity contribution in [1.29, 1.82) is 0 Å². The Morgan fingerprint density at radius 2 is 2.29 bits per heavy atom. The summed E-state index contributed by atoms with van der Waals surface area (Å²) in [5.74, 6) is 0. The minimum atomic E-state index is 0.675. The van der Waals surface area contributed by atoms with E-state index in [1.807, 2.05) is 12.4 Å². The molecule has 1 fully saturated rings. The molecule has 2 N–H and O–H groups in total. The van der Waals surface area contributed by atoms with E-state index in [-0.39, 0.29) is 0 Å². The Balaban J connectivity index is 2.00. The first kappa shape index (κ1) is 12.5. The Hall–Kier alpha value is -0.930. The number of hydrogen-bond donors (Lipinski definition) is 1. The maximum Gasteiger partial charge on any atom is 0.0313 e. The van der Waals surface area contributed by atoms with E-state index in [4.69, 9.17) is 5.73 Å². The van der Waals surface area contributed by atoms with Gasteiger partial charge in [0.15, 0.2) is 0 Å². The molecule has 0 radical (unpaired) electrons. The van der Waals surface area contributed by atoms with Gasteiger partial charge in [0.1, 0.15) is 0 Å². The van der Waals surface area contributed by atoms with E-state index < -0.39 is 0 Å². The van der Waals surface area contributed by atoms with Crippen molar-refractivity contribution in [1.82, 2.24) is 9.88 Å². The highest BCUT2D eigenvalue weighted by Crippen LogP contribution is 2.21. The second-order valence-electron chi connectivity index (χ2n) is 5.07. The molecule has 17 heavy (non-hydrogen) atoms. The van der Waals surface area contributed by atoms with E-state index in [1.54, 1.807) is 0 Å². The fourth-order valence-corrected chi connectivity index (χ4v) is 2.73. The Labute approximate surface area is 104 Å². The van der Waals surface area contributed by atoms with Crippen molar-refractivity contribution in [3.8, 4) is 0 Å². The molecule has 0 aliphatic carbocycles. The highest BCUT2D eigenvalue weighted by Gasteiger charge is 2.21. The van der Waals surface area contributed by atoms with Crippen LogP contribution >= 0.6 is 0 Å². The van der Waals surface area contributed by atoms with Gasteiger partial charge in [-0.05, 0) is 50.4 Å². The molecule has 0 amide bonds. The first-order valence-electron chi connectivity index (χ1n) is 6.64. The molecule has 1 aliphatic rings. The van der Waals surface area contributed by atoms with Gasteiger partial charge in [0.05, 0.1) is 0 Å². The van der Waals surface area contributed by atoms with Gasteiger partial charge in [-0.25, -0.2) is 0 Å². The quantitative estimate of drug-likeness (QED) is 0.866. The lowest BCUT2D eigenvalue weighted by Crippen LogP contribution is -2.40. The highest BCUT2D eigenvalue weighted by molar-refractivity contribution is 5.16. The van der Waals surface area contributed by atoms with Crippen molar-refractivity contribution in [2.75, 3.05) is 13.1 Å². The summed E-state index contributed by atoms with van der Waals surface area (Å²) in [7, 11) is 0. The molecular formula is C14H23N3. The van der Waals surface area contributed by atoms with Gasteiger partial charge >= 0.3 is 0 Å². The number of rotatable bonds is 4. The second-order valence-corrected chi connectivity index (χ2v) is 5.07. The van der Waals surface area contributed by atoms with E-state index in [9.17, 15) is 0 Å². The van der Waals surface area contributed by atoms with Gasteiger partial charge in [0.2, 0.25) is 0 Å². The summed E-state index contributed by atoms with van der Waals surface area (Å²) >= 11 is 0. The van der Waals surface area contributed by atoms with Crippen LogP contribution in [-0.2, 0) is 6.54 Å². The summed E-state index contributed by atoms with van der Waals surface area (Å²) < 4.78 is 0. The third kappa shape index (κ3) is 3.51. The number of likely N-dealkylation sites (tertiary alicyclic amines) is 1. The van der Waals surface area contributed by atoms with E-state index in [1.165, 1.54) is 36.9 Å². The van der Waals surface area contributed by atoms with Crippen LogP contribution in [0.2, 0.25) is 0 Å². The zero-order chi connectivity index (χ0) is 12.1. The van der Waals surface area contributed by atoms with Crippen LogP contribution in [0.25, 0.3) is 0 Å². The highest BCUT2D eigenvalue weighted by atomic mass is 15.2. The molecule has 1 aromatic rings. The van der Waals surface area contributed by atoms with Crippen LogP contribution in [0.3, 0.4) is 0 Å². The first-order valence-corrected chi connectivity index (χ1v) is 6.64. The summed E-state index contributed by atoms with van der Waals surface area (Å²) in [5, 5.41) is 0. The van der Waals surface area contributed by atoms with Gasteiger partial charge in [-0.2, -0.15) is 0 Å². The predicted octanol–water partition coefficient (Wildman–Crippen LogP) is 2.09.